The second-order valence-corrected chi connectivity index (χ2v) is 4.35. The third kappa shape index (κ3) is 2.22. The van der Waals surface area contributed by atoms with Gasteiger partial charge in [0, 0.05) is 18.7 Å². The van der Waals surface area contributed by atoms with Gasteiger partial charge in [0.15, 0.2) is 0 Å². The summed E-state index contributed by atoms with van der Waals surface area (Å²) < 4.78 is 0. The van der Waals surface area contributed by atoms with Crippen molar-refractivity contribution >= 4 is 17.6 Å². The van der Waals surface area contributed by atoms with Crippen LogP contribution in [-0.2, 0) is 9.59 Å². The number of nitrogens with two attached hydrogens (primary N) is 1. The molecule has 0 radical (unpaired) electrons. The minimum absolute atomic E-state index is 0.0587. The first kappa shape index (κ1) is 12.6. The molecule has 0 aliphatic carbocycles. The molecule has 5 heteroatoms. The average Bonchev–Trinajstić information content (AvgIpc) is 2.75. The lowest BCUT2D eigenvalue weighted by Gasteiger charge is -2.17. The van der Waals surface area contributed by atoms with Crippen molar-refractivity contribution in [2.75, 3.05) is 18.0 Å². The summed E-state index contributed by atoms with van der Waals surface area (Å²) in [6.45, 7) is 0.682. The van der Waals surface area contributed by atoms with Gasteiger partial charge in [-0.25, -0.2) is 0 Å². The van der Waals surface area contributed by atoms with Gasteiger partial charge in [-0.15, -0.1) is 0 Å². The Bertz CT molecular complexity index is 473. The maximum Gasteiger partial charge on any atom is 0.312 e. The minimum atomic E-state index is -0.892. The molecular weight excluding hydrogens is 232 g/mol. The Labute approximate surface area is 105 Å². The highest BCUT2D eigenvalue weighted by Crippen LogP contribution is 2.36. The molecule has 1 aromatic carbocycles. The van der Waals surface area contributed by atoms with Crippen LogP contribution in [0.4, 0.5) is 5.69 Å². The van der Waals surface area contributed by atoms with Crippen molar-refractivity contribution in [3.63, 3.8) is 0 Å². The van der Waals surface area contributed by atoms with Crippen LogP contribution in [0.2, 0.25) is 0 Å². The van der Waals surface area contributed by atoms with Crippen LogP contribution in [0, 0.1) is 0 Å². The van der Waals surface area contributed by atoms with Gasteiger partial charge in [0.1, 0.15) is 5.92 Å². The molecule has 3 N–H and O–H groups in total. The zero-order chi connectivity index (χ0) is 13.1. The molecule has 0 bridgehead atoms. The first-order valence-electron chi connectivity index (χ1n) is 5.97. The predicted octanol–water partition coefficient (Wildman–Crippen LogP) is 0.940. The van der Waals surface area contributed by atoms with Crippen LogP contribution < -0.4 is 10.6 Å². The molecule has 1 aliphatic rings. The number of carbonyl (C=O) groups excluding carboxylic acids is 1. The molecule has 1 heterocycles. The summed E-state index contributed by atoms with van der Waals surface area (Å²) in [4.78, 5) is 24.8. The molecule has 0 aromatic heterocycles. The highest BCUT2D eigenvalue weighted by atomic mass is 16.4. The van der Waals surface area contributed by atoms with E-state index < -0.39 is 11.9 Å². The van der Waals surface area contributed by atoms with Crippen molar-refractivity contribution in [1.29, 1.82) is 0 Å². The van der Waals surface area contributed by atoms with Gasteiger partial charge in [-0.2, -0.15) is 0 Å². The second kappa shape index (κ2) is 5.18. The third-order valence-corrected chi connectivity index (χ3v) is 3.16. The molecule has 1 aliphatic heterocycles. The molecule has 1 aromatic rings. The predicted molar refractivity (Wildman–Crippen MR) is 67.5 cm³/mol. The van der Waals surface area contributed by atoms with E-state index in [1.807, 2.05) is 6.07 Å². The van der Waals surface area contributed by atoms with E-state index in [2.05, 4.69) is 0 Å². The van der Waals surface area contributed by atoms with E-state index in [9.17, 15) is 14.7 Å². The number of carboxylic acid groups (broad SMARTS) is 1. The molecule has 0 saturated carbocycles. The van der Waals surface area contributed by atoms with E-state index in [0.29, 0.717) is 30.6 Å². The SMILES string of the molecule is NCCCC(=O)N1CC(C(=O)O)c2ccccc21. The molecule has 1 amide bonds. The third-order valence-electron chi connectivity index (χ3n) is 3.16. The molecule has 18 heavy (non-hydrogen) atoms. The monoisotopic (exact) mass is 248 g/mol. The van der Waals surface area contributed by atoms with Gasteiger partial charge in [0.05, 0.1) is 0 Å². The van der Waals surface area contributed by atoms with E-state index >= 15 is 0 Å². The van der Waals surface area contributed by atoms with E-state index in [-0.39, 0.29) is 12.5 Å². The zero-order valence-electron chi connectivity index (χ0n) is 10.0. The normalized spacial score (nSPS) is 17.6. The van der Waals surface area contributed by atoms with Crippen molar-refractivity contribution in [1.82, 2.24) is 0 Å². The van der Waals surface area contributed by atoms with Gasteiger partial charge >= 0.3 is 5.97 Å². The summed E-state index contributed by atoms with van der Waals surface area (Å²) in [7, 11) is 0. The number of carboxylic acids is 1. The van der Waals surface area contributed by atoms with Crippen molar-refractivity contribution in [3.05, 3.63) is 29.8 Å². The van der Waals surface area contributed by atoms with Crippen molar-refractivity contribution < 1.29 is 14.7 Å². The highest BCUT2D eigenvalue weighted by Gasteiger charge is 2.35. The van der Waals surface area contributed by atoms with Gasteiger partial charge in [-0.3, -0.25) is 9.59 Å². The quantitative estimate of drug-likeness (QED) is 0.830. The minimum Gasteiger partial charge on any atom is -0.481 e. The Morgan fingerprint density at radius 3 is 2.78 bits per heavy atom. The number of amides is 1. The number of benzene rings is 1. The fourth-order valence-corrected chi connectivity index (χ4v) is 2.24. The summed E-state index contributed by atoms with van der Waals surface area (Å²) >= 11 is 0. The standard InChI is InChI=1S/C13H16N2O3/c14-7-3-6-12(16)15-8-10(13(17)18)9-4-1-2-5-11(9)15/h1-2,4-5,10H,3,6-8,14H2,(H,17,18). The lowest BCUT2D eigenvalue weighted by molar-refractivity contribution is -0.138. The second-order valence-electron chi connectivity index (χ2n) is 4.35. The number of hydrogen-bond acceptors (Lipinski definition) is 3. The van der Waals surface area contributed by atoms with Crippen LogP contribution in [0.25, 0.3) is 0 Å². The van der Waals surface area contributed by atoms with Gasteiger partial charge in [-0.05, 0) is 24.6 Å². The smallest absolute Gasteiger partial charge is 0.312 e. The molecule has 0 fully saturated rings. The number of carbonyl (C=O) groups is 2. The fraction of sp³-hybridized carbons (Fsp3) is 0.385. The van der Waals surface area contributed by atoms with Gasteiger partial charge < -0.3 is 15.7 Å². The molecular formula is C13H16N2O3. The number of aliphatic carboxylic acids is 1. The number of fused-ring (bicyclic) bond motifs is 1. The largest absolute Gasteiger partial charge is 0.481 e. The lowest BCUT2D eigenvalue weighted by Crippen LogP contribution is -2.31. The summed E-state index contributed by atoms with van der Waals surface area (Å²) in [5.74, 6) is -1.57. The Morgan fingerprint density at radius 1 is 1.39 bits per heavy atom. The van der Waals surface area contributed by atoms with Crippen LogP contribution in [0.15, 0.2) is 24.3 Å². The fourth-order valence-electron chi connectivity index (χ4n) is 2.24. The Kier molecular flexibility index (Phi) is 3.62. The van der Waals surface area contributed by atoms with E-state index in [1.165, 1.54) is 0 Å². The molecule has 0 saturated heterocycles. The molecule has 1 unspecified atom stereocenters. The maximum absolute atomic E-state index is 12.0. The summed E-state index contributed by atoms with van der Waals surface area (Å²) in [5.41, 5.74) is 6.81. The van der Waals surface area contributed by atoms with Crippen molar-refractivity contribution in [2.24, 2.45) is 5.73 Å². The topological polar surface area (TPSA) is 83.6 Å². The Hall–Kier alpha value is -1.88. The number of para-hydroxylation sites is 1. The van der Waals surface area contributed by atoms with Crippen LogP contribution >= 0.6 is 0 Å². The van der Waals surface area contributed by atoms with E-state index in [4.69, 9.17) is 5.73 Å². The first-order chi connectivity index (χ1) is 8.65. The van der Waals surface area contributed by atoms with Crippen LogP contribution in [0.5, 0.6) is 0 Å². The highest BCUT2D eigenvalue weighted by molar-refractivity contribution is 5.98. The summed E-state index contributed by atoms with van der Waals surface area (Å²) in [6.07, 6.45) is 0.979. The number of rotatable bonds is 4. The van der Waals surface area contributed by atoms with Crippen molar-refractivity contribution in [2.45, 2.75) is 18.8 Å². The molecule has 1 atom stereocenters. The zero-order valence-corrected chi connectivity index (χ0v) is 10.0. The molecule has 2 rings (SSSR count). The number of hydrogen-bond donors (Lipinski definition) is 2. The molecule has 0 spiro atoms. The van der Waals surface area contributed by atoms with Crippen LogP contribution in [0.1, 0.15) is 24.3 Å². The average molecular weight is 248 g/mol. The number of nitrogens with zero attached hydrogens (tertiary/aromatic N) is 1. The Balaban J connectivity index is 2.25. The van der Waals surface area contributed by atoms with Crippen LogP contribution in [-0.4, -0.2) is 30.1 Å². The lowest BCUT2D eigenvalue weighted by atomic mass is 10.0. The number of anilines is 1. The molecule has 5 nitrogen and oxygen atoms in total. The summed E-state index contributed by atoms with van der Waals surface area (Å²) in [6, 6.07) is 7.16. The van der Waals surface area contributed by atoms with Gasteiger partial charge in [0.25, 0.3) is 0 Å². The van der Waals surface area contributed by atoms with Gasteiger partial charge in [-0.1, -0.05) is 18.2 Å². The van der Waals surface area contributed by atoms with E-state index in [1.54, 1.807) is 23.1 Å². The van der Waals surface area contributed by atoms with E-state index in [0.717, 1.165) is 0 Å². The maximum atomic E-state index is 12.0. The first-order valence-corrected chi connectivity index (χ1v) is 5.97. The summed E-state index contributed by atoms with van der Waals surface area (Å²) in [5, 5.41) is 9.18. The Morgan fingerprint density at radius 2 is 2.11 bits per heavy atom. The van der Waals surface area contributed by atoms with Crippen molar-refractivity contribution in [3.8, 4) is 0 Å². The molecule has 96 valence electrons. The van der Waals surface area contributed by atoms with Gasteiger partial charge in [0.2, 0.25) is 5.91 Å². The van der Waals surface area contributed by atoms with Crippen LogP contribution in [0.3, 0.4) is 0 Å².